The Labute approximate surface area is 93.7 Å². The maximum absolute atomic E-state index is 8.60. The summed E-state index contributed by atoms with van der Waals surface area (Å²) in [7, 11) is 0. The van der Waals surface area contributed by atoms with Crippen LogP contribution in [0.25, 0.3) is 11.5 Å². The molecule has 0 atom stereocenters. The monoisotopic (exact) mass is 297 g/mol. The molecule has 0 aliphatic carbocycles. The number of nitriles is 1. The van der Waals surface area contributed by atoms with Gasteiger partial charge in [0.15, 0.2) is 0 Å². The summed E-state index contributed by atoms with van der Waals surface area (Å²) in [6.45, 7) is 0. The van der Waals surface area contributed by atoms with Gasteiger partial charge < -0.3 is 4.52 Å². The van der Waals surface area contributed by atoms with Gasteiger partial charge in [-0.05, 0) is 24.3 Å². The van der Waals surface area contributed by atoms with Crippen LogP contribution < -0.4 is 0 Å². The number of aromatic nitrogens is 2. The molecule has 0 N–H and O–H groups in total. The van der Waals surface area contributed by atoms with Crippen molar-refractivity contribution in [2.75, 3.05) is 0 Å². The summed E-state index contributed by atoms with van der Waals surface area (Å²) in [6, 6.07) is 9.03. The van der Waals surface area contributed by atoms with E-state index < -0.39 is 0 Å². The fraction of sp³-hybridized carbons (Fsp3) is 0. The van der Waals surface area contributed by atoms with Gasteiger partial charge in [-0.1, -0.05) is 5.16 Å². The molecule has 0 aliphatic heterocycles. The van der Waals surface area contributed by atoms with Crippen LogP contribution in [0.4, 0.5) is 0 Å². The largest absolute Gasteiger partial charge is 0.333 e. The average molecular weight is 297 g/mol. The molecule has 0 spiro atoms. The van der Waals surface area contributed by atoms with Gasteiger partial charge in [0.1, 0.15) is 0 Å². The Morgan fingerprint density at radius 1 is 1.29 bits per heavy atom. The summed E-state index contributed by atoms with van der Waals surface area (Å²) in [6.07, 6.45) is 0. The maximum Gasteiger partial charge on any atom is 0.258 e. The summed E-state index contributed by atoms with van der Waals surface area (Å²) in [5.41, 5.74) is 1.43. The Hall–Kier alpha value is -1.42. The van der Waals surface area contributed by atoms with Gasteiger partial charge in [-0.3, -0.25) is 0 Å². The van der Waals surface area contributed by atoms with Gasteiger partial charge in [0.2, 0.25) is 3.83 Å². The average Bonchev–Trinajstić information content (AvgIpc) is 2.65. The number of hydrogen-bond donors (Lipinski definition) is 0. The van der Waals surface area contributed by atoms with Gasteiger partial charge in [-0.2, -0.15) is 10.2 Å². The predicted molar refractivity (Wildman–Crippen MR) is 57.2 cm³/mol. The highest BCUT2D eigenvalue weighted by atomic mass is 127. The molecule has 0 aliphatic rings. The van der Waals surface area contributed by atoms with E-state index >= 15 is 0 Å². The van der Waals surface area contributed by atoms with Crippen LogP contribution in [0.1, 0.15) is 5.56 Å². The van der Waals surface area contributed by atoms with Crippen molar-refractivity contribution in [3.63, 3.8) is 0 Å². The van der Waals surface area contributed by atoms with Crippen molar-refractivity contribution < 1.29 is 4.52 Å². The van der Waals surface area contributed by atoms with Crippen LogP contribution in [0.5, 0.6) is 0 Å². The van der Waals surface area contributed by atoms with Crippen molar-refractivity contribution in [3.8, 4) is 17.5 Å². The lowest BCUT2D eigenvalue weighted by atomic mass is 10.1. The molecule has 2 rings (SSSR count). The molecule has 0 saturated carbocycles. The lowest BCUT2D eigenvalue weighted by Gasteiger charge is -1.92. The zero-order chi connectivity index (χ0) is 9.97. The van der Waals surface area contributed by atoms with Crippen LogP contribution >= 0.6 is 22.6 Å². The fourth-order valence-electron chi connectivity index (χ4n) is 1.01. The lowest BCUT2D eigenvalue weighted by Crippen LogP contribution is -1.79. The molecule has 68 valence electrons. The molecule has 1 heterocycles. The van der Waals surface area contributed by atoms with Crippen LogP contribution in [0.2, 0.25) is 0 Å². The first kappa shape index (κ1) is 9.15. The highest BCUT2D eigenvalue weighted by Gasteiger charge is 2.05. The third-order valence-corrected chi connectivity index (χ3v) is 2.10. The van der Waals surface area contributed by atoms with Crippen molar-refractivity contribution in [3.05, 3.63) is 33.7 Å². The standard InChI is InChI=1S/C9H4IN3O/c10-9-12-8(14-13-9)7-3-1-6(5-11)2-4-7/h1-4H. The van der Waals surface area contributed by atoms with Crippen molar-refractivity contribution >= 4 is 22.6 Å². The third kappa shape index (κ3) is 1.75. The third-order valence-electron chi connectivity index (χ3n) is 1.66. The summed E-state index contributed by atoms with van der Waals surface area (Å²) < 4.78 is 5.54. The first-order chi connectivity index (χ1) is 6.79. The Balaban J connectivity index is 2.39. The molecule has 5 heteroatoms. The normalized spacial score (nSPS) is 9.71. The van der Waals surface area contributed by atoms with Crippen LogP contribution in [0, 0.1) is 15.2 Å². The quantitative estimate of drug-likeness (QED) is 0.757. The minimum Gasteiger partial charge on any atom is -0.333 e. The number of nitrogens with zero attached hydrogens (tertiary/aromatic N) is 3. The second-order valence-electron chi connectivity index (χ2n) is 2.56. The van der Waals surface area contributed by atoms with E-state index in [4.69, 9.17) is 9.78 Å². The molecule has 2 aromatic rings. The number of halogens is 1. The molecule has 14 heavy (non-hydrogen) atoms. The van der Waals surface area contributed by atoms with Gasteiger partial charge in [0, 0.05) is 28.2 Å². The molecule has 0 unspecified atom stereocenters. The SMILES string of the molecule is N#Cc1ccc(-c2nc(I)no2)cc1. The predicted octanol–water partition coefficient (Wildman–Crippen LogP) is 2.21. The van der Waals surface area contributed by atoms with Crippen molar-refractivity contribution in [1.29, 1.82) is 5.26 Å². The topological polar surface area (TPSA) is 62.7 Å². The van der Waals surface area contributed by atoms with Gasteiger partial charge in [0.05, 0.1) is 11.6 Å². The molecule has 0 bridgehead atoms. The molecule has 1 aromatic heterocycles. The van der Waals surface area contributed by atoms with Crippen molar-refractivity contribution in [2.45, 2.75) is 0 Å². The molecule has 4 nitrogen and oxygen atoms in total. The van der Waals surface area contributed by atoms with E-state index in [0.29, 0.717) is 15.3 Å². The highest BCUT2D eigenvalue weighted by molar-refractivity contribution is 14.1. The van der Waals surface area contributed by atoms with Crippen molar-refractivity contribution in [2.24, 2.45) is 0 Å². The van der Waals surface area contributed by atoms with E-state index in [2.05, 4.69) is 10.1 Å². The lowest BCUT2D eigenvalue weighted by molar-refractivity contribution is 0.426. The minimum atomic E-state index is 0.471. The van der Waals surface area contributed by atoms with Crippen LogP contribution in [0.3, 0.4) is 0 Å². The Morgan fingerprint density at radius 3 is 2.50 bits per heavy atom. The minimum absolute atomic E-state index is 0.471. The second kappa shape index (κ2) is 3.75. The first-order valence-corrected chi connectivity index (χ1v) is 4.87. The summed E-state index contributed by atoms with van der Waals surface area (Å²) in [5.74, 6) is 0.471. The highest BCUT2D eigenvalue weighted by Crippen LogP contribution is 2.17. The molecule has 0 saturated heterocycles. The van der Waals surface area contributed by atoms with Gasteiger partial charge in [-0.15, -0.1) is 0 Å². The first-order valence-electron chi connectivity index (χ1n) is 3.79. The number of hydrogen-bond acceptors (Lipinski definition) is 4. The van der Waals surface area contributed by atoms with Gasteiger partial charge >= 0.3 is 0 Å². The Morgan fingerprint density at radius 2 is 2.00 bits per heavy atom. The van der Waals surface area contributed by atoms with Gasteiger partial charge in [0.25, 0.3) is 5.89 Å². The van der Waals surface area contributed by atoms with Crippen LogP contribution in [-0.4, -0.2) is 10.1 Å². The molecule has 1 aromatic carbocycles. The Bertz CT molecular complexity index is 484. The van der Waals surface area contributed by atoms with Gasteiger partial charge in [-0.25, -0.2) is 0 Å². The van der Waals surface area contributed by atoms with E-state index in [9.17, 15) is 0 Å². The summed E-state index contributed by atoms with van der Waals surface area (Å²) >= 11 is 1.97. The zero-order valence-corrected chi connectivity index (χ0v) is 9.09. The van der Waals surface area contributed by atoms with E-state index in [1.807, 2.05) is 28.7 Å². The molecule has 0 amide bonds. The van der Waals surface area contributed by atoms with E-state index in [1.54, 1.807) is 24.3 Å². The Kier molecular flexibility index (Phi) is 2.45. The number of rotatable bonds is 1. The zero-order valence-electron chi connectivity index (χ0n) is 6.94. The summed E-state index contributed by atoms with van der Waals surface area (Å²) in [5, 5.41) is 12.3. The van der Waals surface area contributed by atoms with Crippen LogP contribution in [0.15, 0.2) is 28.8 Å². The molecule has 0 radical (unpaired) electrons. The second-order valence-corrected chi connectivity index (χ2v) is 3.52. The molecular formula is C9H4IN3O. The van der Waals surface area contributed by atoms with E-state index in [0.717, 1.165) is 5.56 Å². The molecular weight excluding hydrogens is 293 g/mol. The van der Waals surface area contributed by atoms with E-state index in [-0.39, 0.29) is 0 Å². The maximum atomic E-state index is 8.60. The van der Waals surface area contributed by atoms with E-state index in [1.165, 1.54) is 0 Å². The van der Waals surface area contributed by atoms with Crippen molar-refractivity contribution in [1.82, 2.24) is 10.1 Å². The number of benzene rings is 1. The fourth-order valence-corrected chi connectivity index (χ4v) is 1.33. The summed E-state index contributed by atoms with van der Waals surface area (Å²) in [4.78, 5) is 4.06. The smallest absolute Gasteiger partial charge is 0.258 e. The van der Waals surface area contributed by atoms with Crippen LogP contribution in [-0.2, 0) is 0 Å². The molecule has 0 fully saturated rings.